The molecule has 0 heterocycles. The Hall–Kier alpha value is -1.00. The molecule has 2 atom stereocenters. The summed E-state index contributed by atoms with van der Waals surface area (Å²) in [5.74, 6) is -1.06. The first-order valence-electron chi connectivity index (χ1n) is 6.74. The van der Waals surface area contributed by atoms with Gasteiger partial charge in [0.25, 0.3) is 0 Å². The van der Waals surface area contributed by atoms with E-state index in [4.69, 9.17) is 5.73 Å². The van der Waals surface area contributed by atoms with Crippen molar-refractivity contribution in [2.24, 2.45) is 11.7 Å². The molecule has 0 aliphatic rings. The van der Waals surface area contributed by atoms with Crippen LogP contribution in [-0.4, -0.2) is 24.5 Å². The largest absolute Gasteiger partial charge is 0.329 e. The maximum atomic E-state index is 13.9. The third kappa shape index (κ3) is 3.98. The van der Waals surface area contributed by atoms with Gasteiger partial charge in [0.1, 0.15) is 0 Å². The average molecular weight is 270 g/mol. The van der Waals surface area contributed by atoms with Gasteiger partial charge in [-0.15, -0.1) is 0 Å². The molecule has 2 N–H and O–H groups in total. The lowest BCUT2D eigenvalue weighted by Gasteiger charge is -2.33. The Balaban J connectivity index is 2.96. The van der Waals surface area contributed by atoms with Gasteiger partial charge in [0.2, 0.25) is 0 Å². The molecule has 2 unspecified atom stereocenters. The molecule has 0 fully saturated rings. The van der Waals surface area contributed by atoms with E-state index in [1.165, 1.54) is 6.07 Å². The Kier molecular flexibility index (Phi) is 5.88. The van der Waals surface area contributed by atoms with Crippen molar-refractivity contribution in [1.29, 1.82) is 0 Å². The summed E-state index contributed by atoms with van der Waals surface area (Å²) in [6.07, 6.45) is 0.990. The van der Waals surface area contributed by atoms with Crippen LogP contribution in [0.3, 0.4) is 0 Å². The van der Waals surface area contributed by atoms with Crippen molar-refractivity contribution in [3.8, 4) is 0 Å². The van der Waals surface area contributed by atoms with Crippen LogP contribution in [-0.2, 0) is 0 Å². The van der Waals surface area contributed by atoms with E-state index >= 15 is 0 Å². The summed E-state index contributed by atoms with van der Waals surface area (Å²) in [5, 5.41) is 0. The van der Waals surface area contributed by atoms with Crippen molar-refractivity contribution in [3.63, 3.8) is 0 Å². The van der Waals surface area contributed by atoms with Crippen LogP contribution in [0.4, 0.5) is 8.78 Å². The number of benzene rings is 1. The van der Waals surface area contributed by atoms with Gasteiger partial charge in [-0.2, -0.15) is 0 Å². The highest BCUT2D eigenvalue weighted by Gasteiger charge is 2.24. The van der Waals surface area contributed by atoms with Crippen LogP contribution in [0, 0.1) is 17.6 Å². The van der Waals surface area contributed by atoms with Crippen molar-refractivity contribution in [2.75, 3.05) is 13.6 Å². The van der Waals surface area contributed by atoms with Crippen molar-refractivity contribution < 1.29 is 8.78 Å². The zero-order valence-corrected chi connectivity index (χ0v) is 12.2. The third-order valence-electron chi connectivity index (χ3n) is 3.56. The van der Waals surface area contributed by atoms with Crippen LogP contribution >= 0.6 is 0 Å². The van der Waals surface area contributed by atoms with Crippen LogP contribution in [0.25, 0.3) is 0 Å². The third-order valence-corrected chi connectivity index (χ3v) is 3.56. The van der Waals surface area contributed by atoms with E-state index in [-0.39, 0.29) is 18.6 Å². The summed E-state index contributed by atoms with van der Waals surface area (Å²) in [6.45, 7) is 6.63. The number of hydrogen-bond acceptors (Lipinski definition) is 2. The second kappa shape index (κ2) is 6.96. The molecule has 108 valence electrons. The maximum absolute atomic E-state index is 13.9. The predicted molar refractivity (Wildman–Crippen MR) is 74.8 cm³/mol. The second-order valence-electron chi connectivity index (χ2n) is 5.54. The highest BCUT2D eigenvalue weighted by atomic mass is 19.2. The molecular formula is C15H24F2N2. The van der Waals surface area contributed by atoms with E-state index in [1.807, 2.05) is 11.9 Å². The smallest absolute Gasteiger partial charge is 0.163 e. The molecule has 0 radical (unpaired) electrons. The Morgan fingerprint density at radius 2 is 1.84 bits per heavy atom. The number of rotatable bonds is 6. The van der Waals surface area contributed by atoms with E-state index in [0.29, 0.717) is 11.5 Å². The molecular weight excluding hydrogens is 246 g/mol. The number of halogens is 2. The fourth-order valence-electron chi connectivity index (χ4n) is 2.45. The minimum Gasteiger partial charge on any atom is -0.329 e. The molecule has 0 spiro atoms. The number of hydrogen-bond donors (Lipinski definition) is 1. The minimum atomic E-state index is -0.819. The van der Waals surface area contributed by atoms with Gasteiger partial charge in [-0.3, -0.25) is 4.90 Å². The summed E-state index contributed by atoms with van der Waals surface area (Å²) in [5.41, 5.74) is 6.10. The minimum absolute atomic E-state index is 0.260. The topological polar surface area (TPSA) is 29.3 Å². The molecule has 0 saturated heterocycles. The van der Waals surface area contributed by atoms with Crippen LogP contribution in [0.2, 0.25) is 0 Å². The quantitative estimate of drug-likeness (QED) is 0.859. The standard InChI is InChI=1S/C15H24F2N2/c1-10(2)8-11(3)19(4)14(9-18)12-6-5-7-13(16)15(12)17/h5-7,10-11,14H,8-9,18H2,1-4H3. The van der Waals surface area contributed by atoms with Crippen LogP contribution < -0.4 is 5.73 Å². The normalized spacial score (nSPS) is 15.0. The Bertz CT molecular complexity index is 407. The monoisotopic (exact) mass is 270 g/mol. The van der Waals surface area contributed by atoms with Crippen molar-refractivity contribution in [3.05, 3.63) is 35.4 Å². The number of likely N-dealkylation sites (N-methyl/N-ethyl adjacent to an activating group) is 1. The first-order valence-corrected chi connectivity index (χ1v) is 6.74. The van der Waals surface area contributed by atoms with E-state index < -0.39 is 11.6 Å². The van der Waals surface area contributed by atoms with Crippen LogP contribution in [0.1, 0.15) is 38.8 Å². The second-order valence-corrected chi connectivity index (χ2v) is 5.54. The summed E-state index contributed by atoms with van der Waals surface area (Å²) >= 11 is 0. The molecule has 0 aromatic heterocycles. The van der Waals surface area contributed by atoms with Crippen LogP contribution in [0.5, 0.6) is 0 Å². The van der Waals surface area contributed by atoms with Gasteiger partial charge in [-0.25, -0.2) is 8.78 Å². The van der Waals surface area contributed by atoms with E-state index in [9.17, 15) is 8.78 Å². The van der Waals surface area contributed by atoms with Gasteiger partial charge in [-0.05, 0) is 32.4 Å². The molecule has 0 saturated carbocycles. The maximum Gasteiger partial charge on any atom is 0.163 e. The number of nitrogens with two attached hydrogens (primary N) is 1. The molecule has 1 rings (SSSR count). The fraction of sp³-hybridized carbons (Fsp3) is 0.600. The summed E-state index contributed by atoms with van der Waals surface area (Å²) in [4.78, 5) is 2.03. The Morgan fingerprint density at radius 1 is 1.21 bits per heavy atom. The van der Waals surface area contributed by atoms with Gasteiger partial charge in [0, 0.05) is 24.2 Å². The first kappa shape index (κ1) is 16.1. The van der Waals surface area contributed by atoms with E-state index in [2.05, 4.69) is 20.8 Å². The molecule has 1 aromatic rings. The highest BCUT2D eigenvalue weighted by Crippen LogP contribution is 2.26. The lowest BCUT2D eigenvalue weighted by atomic mass is 9.99. The van der Waals surface area contributed by atoms with Crippen LogP contribution in [0.15, 0.2) is 18.2 Å². The average Bonchev–Trinajstić information content (AvgIpc) is 2.34. The molecule has 2 nitrogen and oxygen atoms in total. The lowest BCUT2D eigenvalue weighted by molar-refractivity contribution is 0.165. The first-order chi connectivity index (χ1) is 8.88. The summed E-state index contributed by atoms with van der Waals surface area (Å²) in [7, 11) is 1.91. The highest BCUT2D eigenvalue weighted by molar-refractivity contribution is 5.23. The van der Waals surface area contributed by atoms with E-state index in [0.717, 1.165) is 12.5 Å². The molecule has 0 aliphatic carbocycles. The Morgan fingerprint density at radius 3 is 2.37 bits per heavy atom. The predicted octanol–water partition coefficient (Wildman–Crippen LogP) is 3.33. The zero-order chi connectivity index (χ0) is 14.6. The fourth-order valence-corrected chi connectivity index (χ4v) is 2.45. The molecule has 1 aromatic carbocycles. The SMILES string of the molecule is CC(C)CC(C)N(C)C(CN)c1cccc(F)c1F. The summed E-state index contributed by atoms with van der Waals surface area (Å²) < 4.78 is 27.2. The molecule has 4 heteroatoms. The molecule has 19 heavy (non-hydrogen) atoms. The molecule has 0 aliphatic heterocycles. The van der Waals surface area contributed by atoms with Crippen molar-refractivity contribution in [1.82, 2.24) is 4.90 Å². The van der Waals surface area contributed by atoms with Crippen molar-refractivity contribution >= 4 is 0 Å². The summed E-state index contributed by atoms with van der Waals surface area (Å²) in [6, 6.07) is 4.22. The zero-order valence-electron chi connectivity index (χ0n) is 12.2. The van der Waals surface area contributed by atoms with Crippen molar-refractivity contribution in [2.45, 2.75) is 39.3 Å². The lowest BCUT2D eigenvalue weighted by Crippen LogP contribution is -2.38. The molecule has 0 amide bonds. The van der Waals surface area contributed by atoms with E-state index in [1.54, 1.807) is 6.07 Å². The van der Waals surface area contributed by atoms with Gasteiger partial charge < -0.3 is 5.73 Å². The van der Waals surface area contributed by atoms with Gasteiger partial charge in [0.15, 0.2) is 11.6 Å². The molecule has 0 bridgehead atoms. The Labute approximate surface area is 114 Å². The number of nitrogens with zero attached hydrogens (tertiary/aromatic N) is 1. The van der Waals surface area contributed by atoms with Gasteiger partial charge in [-0.1, -0.05) is 26.0 Å². The van der Waals surface area contributed by atoms with Gasteiger partial charge in [0.05, 0.1) is 0 Å². The van der Waals surface area contributed by atoms with Gasteiger partial charge >= 0.3 is 0 Å².